The molecule has 0 amide bonds. The summed E-state index contributed by atoms with van der Waals surface area (Å²) in [6.45, 7) is 0.572. The molecule has 3 aromatic heterocycles. The van der Waals surface area contributed by atoms with Gasteiger partial charge in [0.05, 0.1) is 11.7 Å². The number of aromatic nitrogens is 3. The van der Waals surface area contributed by atoms with Crippen LogP contribution < -0.4 is 5.56 Å². The van der Waals surface area contributed by atoms with Crippen LogP contribution in [0.1, 0.15) is 5.56 Å². The highest BCUT2D eigenvalue weighted by Gasteiger charge is 2.12. The van der Waals surface area contributed by atoms with E-state index in [1.807, 2.05) is 18.3 Å². The quantitative estimate of drug-likeness (QED) is 0.579. The van der Waals surface area contributed by atoms with Gasteiger partial charge in [-0.3, -0.25) is 4.79 Å². The lowest BCUT2D eigenvalue weighted by Gasteiger charge is -2.06. The van der Waals surface area contributed by atoms with Gasteiger partial charge in [-0.15, -0.1) is 0 Å². The van der Waals surface area contributed by atoms with Crippen molar-refractivity contribution in [2.45, 2.75) is 6.54 Å². The molecule has 0 saturated carbocycles. The molecule has 4 aromatic rings. The Kier molecular flexibility index (Phi) is 2.58. The van der Waals surface area contributed by atoms with Crippen molar-refractivity contribution in [2.75, 3.05) is 0 Å². The molecule has 1 N–H and O–H groups in total. The summed E-state index contributed by atoms with van der Waals surface area (Å²) in [5.41, 5.74) is 1.54. The van der Waals surface area contributed by atoms with Crippen LogP contribution >= 0.6 is 11.5 Å². The van der Waals surface area contributed by atoms with Crippen LogP contribution in [0.2, 0.25) is 0 Å². The predicted octanol–water partition coefficient (Wildman–Crippen LogP) is 2.70. The Bertz CT molecular complexity index is 1010. The zero-order valence-corrected chi connectivity index (χ0v) is 11.7. The molecule has 0 aliphatic heterocycles. The maximum Gasteiger partial charge on any atom is 0.283 e. The number of pyridine rings is 1. The molecule has 0 bridgehead atoms. The molecule has 4 rings (SSSR count). The van der Waals surface area contributed by atoms with E-state index in [1.54, 1.807) is 6.07 Å². The lowest BCUT2D eigenvalue weighted by atomic mass is 10.2. The van der Waals surface area contributed by atoms with E-state index in [9.17, 15) is 10.0 Å². The summed E-state index contributed by atoms with van der Waals surface area (Å²) in [6.07, 6.45) is 3.25. The summed E-state index contributed by atoms with van der Waals surface area (Å²) in [5.74, 6) is 0. The molecule has 1 aromatic carbocycles. The first kappa shape index (κ1) is 12.2. The van der Waals surface area contributed by atoms with Gasteiger partial charge >= 0.3 is 0 Å². The van der Waals surface area contributed by atoms with Crippen molar-refractivity contribution >= 4 is 32.7 Å². The number of fused-ring (bicyclic) bond motifs is 3. The minimum atomic E-state index is -0.426. The van der Waals surface area contributed by atoms with Crippen LogP contribution in [0.4, 0.5) is 0 Å². The third kappa shape index (κ3) is 1.84. The highest BCUT2D eigenvalue weighted by molar-refractivity contribution is 7.13. The van der Waals surface area contributed by atoms with Gasteiger partial charge in [-0.1, -0.05) is 18.2 Å². The first-order valence-electron chi connectivity index (χ1n) is 6.46. The lowest BCUT2D eigenvalue weighted by Crippen LogP contribution is -2.16. The van der Waals surface area contributed by atoms with Crippen molar-refractivity contribution in [1.82, 2.24) is 13.7 Å². The first-order chi connectivity index (χ1) is 10.2. The van der Waals surface area contributed by atoms with E-state index >= 15 is 0 Å². The number of hydrogen-bond donors (Lipinski definition) is 1. The molecular formula is C15H11N3O2S. The van der Waals surface area contributed by atoms with E-state index in [1.165, 1.54) is 23.8 Å². The number of benzene rings is 1. The molecule has 0 unspecified atom stereocenters. The summed E-state index contributed by atoms with van der Waals surface area (Å²) in [6, 6.07) is 11.3. The lowest BCUT2D eigenvalue weighted by molar-refractivity contribution is 0.174. The Hall–Kier alpha value is -2.60. The van der Waals surface area contributed by atoms with E-state index in [0.717, 1.165) is 26.7 Å². The maximum atomic E-state index is 11.5. The average molecular weight is 297 g/mol. The van der Waals surface area contributed by atoms with Gasteiger partial charge in [0.25, 0.3) is 5.56 Å². The minimum absolute atomic E-state index is 0.426. The number of para-hydroxylation sites is 1. The summed E-state index contributed by atoms with van der Waals surface area (Å²) in [7, 11) is 0. The van der Waals surface area contributed by atoms with Crippen molar-refractivity contribution in [3.05, 3.63) is 64.7 Å². The molecular weight excluding hydrogens is 286 g/mol. The topological polar surface area (TPSA) is 60.0 Å². The standard InChI is InChI=1S/C15H11N3O2S/c19-14-7-10(5-6-18(14)20)9-17-13-4-2-1-3-11(13)12-8-16-21-15(12)17/h1-8,20H,9H2. The predicted molar refractivity (Wildman–Crippen MR) is 82.1 cm³/mol. The van der Waals surface area contributed by atoms with E-state index in [0.29, 0.717) is 11.3 Å². The van der Waals surface area contributed by atoms with Crippen molar-refractivity contribution in [2.24, 2.45) is 0 Å². The van der Waals surface area contributed by atoms with Crippen LogP contribution in [-0.2, 0) is 6.54 Å². The Labute approximate surface area is 123 Å². The fraction of sp³-hybridized carbons (Fsp3) is 0.0667. The largest absolute Gasteiger partial charge is 0.425 e. The molecule has 0 spiro atoms. The first-order valence-corrected chi connectivity index (χ1v) is 7.24. The number of rotatable bonds is 2. The van der Waals surface area contributed by atoms with Gasteiger partial charge in [-0.05, 0) is 29.2 Å². The van der Waals surface area contributed by atoms with E-state index in [4.69, 9.17) is 0 Å². The molecule has 104 valence electrons. The SMILES string of the molecule is O=c1cc(Cn2c3ccccc3c3cnsc32)ccn1O. The zero-order chi connectivity index (χ0) is 14.4. The molecule has 0 radical (unpaired) electrons. The van der Waals surface area contributed by atoms with E-state index < -0.39 is 5.56 Å². The molecule has 0 fully saturated rings. The highest BCUT2D eigenvalue weighted by Crippen LogP contribution is 2.31. The number of hydrogen-bond acceptors (Lipinski definition) is 4. The highest BCUT2D eigenvalue weighted by atomic mass is 32.1. The fourth-order valence-corrected chi connectivity index (χ4v) is 3.39. The Morgan fingerprint density at radius 1 is 1.19 bits per heavy atom. The molecule has 0 atom stereocenters. The molecule has 0 aliphatic carbocycles. The van der Waals surface area contributed by atoms with Crippen LogP contribution in [-0.4, -0.2) is 18.9 Å². The molecule has 0 saturated heterocycles. The molecule has 21 heavy (non-hydrogen) atoms. The zero-order valence-electron chi connectivity index (χ0n) is 10.9. The molecule has 5 nitrogen and oxygen atoms in total. The summed E-state index contributed by atoms with van der Waals surface area (Å²) in [4.78, 5) is 12.6. The molecule has 6 heteroatoms. The summed E-state index contributed by atoms with van der Waals surface area (Å²) < 4.78 is 6.99. The molecule has 0 aliphatic rings. The van der Waals surface area contributed by atoms with E-state index in [2.05, 4.69) is 21.1 Å². The van der Waals surface area contributed by atoms with Crippen LogP contribution in [0.5, 0.6) is 0 Å². The monoisotopic (exact) mass is 297 g/mol. The van der Waals surface area contributed by atoms with Gasteiger partial charge in [-0.25, -0.2) is 0 Å². The van der Waals surface area contributed by atoms with Gasteiger partial charge in [0.2, 0.25) is 0 Å². The maximum absolute atomic E-state index is 11.5. The molecule has 3 heterocycles. The van der Waals surface area contributed by atoms with Crippen LogP contribution in [0.3, 0.4) is 0 Å². The Morgan fingerprint density at radius 2 is 2.05 bits per heavy atom. The Balaban J connectivity index is 1.93. The normalized spacial score (nSPS) is 11.4. The second-order valence-electron chi connectivity index (χ2n) is 4.87. The number of nitrogens with zero attached hydrogens (tertiary/aromatic N) is 3. The smallest absolute Gasteiger partial charge is 0.283 e. The van der Waals surface area contributed by atoms with Gasteiger partial charge < -0.3 is 9.77 Å². The van der Waals surface area contributed by atoms with Crippen molar-refractivity contribution < 1.29 is 5.21 Å². The van der Waals surface area contributed by atoms with Crippen LogP contribution in [0, 0.1) is 0 Å². The van der Waals surface area contributed by atoms with Gasteiger partial charge in [0, 0.05) is 29.6 Å². The minimum Gasteiger partial charge on any atom is -0.425 e. The summed E-state index contributed by atoms with van der Waals surface area (Å²) in [5, 5.41) is 11.6. The van der Waals surface area contributed by atoms with Gasteiger partial charge in [0.1, 0.15) is 4.83 Å². The van der Waals surface area contributed by atoms with Crippen LogP contribution in [0.15, 0.2) is 53.6 Å². The van der Waals surface area contributed by atoms with Crippen LogP contribution in [0.25, 0.3) is 21.1 Å². The van der Waals surface area contributed by atoms with Gasteiger partial charge in [0.15, 0.2) is 0 Å². The second kappa shape index (κ2) is 4.46. The van der Waals surface area contributed by atoms with E-state index in [-0.39, 0.29) is 0 Å². The summed E-state index contributed by atoms with van der Waals surface area (Å²) >= 11 is 1.45. The third-order valence-corrected chi connectivity index (χ3v) is 4.41. The van der Waals surface area contributed by atoms with Crippen molar-refractivity contribution in [3.63, 3.8) is 0 Å². The average Bonchev–Trinajstić information content (AvgIpc) is 3.06. The van der Waals surface area contributed by atoms with Gasteiger partial charge in [-0.2, -0.15) is 9.10 Å². The second-order valence-corrected chi connectivity index (χ2v) is 5.65. The Morgan fingerprint density at radius 3 is 2.90 bits per heavy atom. The fourth-order valence-electron chi connectivity index (χ4n) is 2.61. The van der Waals surface area contributed by atoms with Crippen molar-refractivity contribution in [3.8, 4) is 0 Å². The van der Waals surface area contributed by atoms with Crippen molar-refractivity contribution in [1.29, 1.82) is 0 Å². The third-order valence-electron chi connectivity index (χ3n) is 3.59.